The first-order valence-electron chi connectivity index (χ1n) is 13.6. The summed E-state index contributed by atoms with van der Waals surface area (Å²) in [5.41, 5.74) is -0.193. The summed E-state index contributed by atoms with van der Waals surface area (Å²) >= 11 is 0. The Hall–Kier alpha value is -4.03. The summed E-state index contributed by atoms with van der Waals surface area (Å²) in [5.74, 6) is -1.16. The number of anilines is 1. The molecular formula is C28H28F4N6O3. The van der Waals surface area contributed by atoms with E-state index in [2.05, 4.69) is 20.3 Å². The SMILES string of the molecule is CCOC(=O)C1Cc2nc(-c3ccc(F)c(C(F)(F)F)c3)n(-c3ccnc(N[C@@H]4CCN(C(=O)C5CC5)C4)n3)c2C1. The van der Waals surface area contributed by atoms with Gasteiger partial charge in [0.15, 0.2) is 0 Å². The molecule has 2 fully saturated rings. The van der Waals surface area contributed by atoms with Crippen molar-refractivity contribution in [3.05, 3.63) is 53.2 Å². The van der Waals surface area contributed by atoms with Crippen molar-refractivity contribution in [3.63, 3.8) is 0 Å². The van der Waals surface area contributed by atoms with E-state index in [0.717, 1.165) is 31.4 Å². The van der Waals surface area contributed by atoms with Crippen LogP contribution in [0.1, 0.15) is 43.1 Å². The number of carbonyl (C=O) groups excluding carboxylic acids is 2. The van der Waals surface area contributed by atoms with Crippen LogP contribution in [0.4, 0.5) is 23.5 Å². The fourth-order valence-corrected chi connectivity index (χ4v) is 5.55. The number of ether oxygens (including phenoxy) is 1. The van der Waals surface area contributed by atoms with Crippen molar-refractivity contribution < 1.29 is 31.9 Å². The van der Waals surface area contributed by atoms with Crippen LogP contribution >= 0.6 is 0 Å². The molecule has 0 spiro atoms. The van der Waals surface area contributed by atoms with Gasteiger partial charge in [0.2, 0.25) is 11.9 Å². The number of fused-ring (bicyclic) bond motifs is 1. The van der Waals surface area contributed by atoms with Crippen LogP contribution in [-0.4, -0.2) is 62.0 Å². The van der Waals surface area contributed by atoms with Gasteiger partial charge >= 0.3 is 12.1 Å². The molecule has 3 aliphatic rings. The predicted molar refractivity (Wildman–Crippen MR) is 138 cm³/mol. The standard InChI is InChI=1S/C28H28F4N6O3/c1-2-41-26(40)17-12-21-22(13-17)38(24(35-21)16-5-6-20(29)19(11-16)28(30,31)32)23-7-9-33-27(36-23)34-18-8-10-37(14-18)25(39)15-3-4-15/h5-7,9,11,15,17-18H,2-4,8,10,12-14H2,1H3,(H,33,34,36)/t17?,18-/m1/s1. The summed E-state index contributed by atoms with van der Waals surface area (Å²) in [4.78, 5) is 40.4. The van der Waals surface area contributed by atoms with E-state index in [-0.39, 0.29) is 60.6 Å². The minimum absolute atomic E-state index is 0.0546. The van der Waals surface area contributed by atoms with Crippen molar-refractivity contribution in [2.24, 2.45) is 11.8 Å². The van der Waals surface area contributed by atoms with E-state index >= 15 is 0 Å². The topological polar surface area (TPSA) is 102 Å². The lowest BCUT2D eigenvalue weighted by Crippen LogP contribution is -2.32. The fraction of sp³-hybridized carbons (Fsp3) is 0.464. The van der Waals surface area contributed by atoms with Gasteiger partial charge in [0, 0.05) is 55.3 Å². The maximum Gasteiger partial charge on any atom is 0.419 e. The van der Waals surface area contributed by atoms with Crippen molar-refractivity contribution in [2.75, 3.05) is 25.0 Å². The van der Waals surface area contributed by atoms with Crippen LogP contribution in [0.15, 0.2) is 30.5 Å². The summed E-state index contributed by atoms with van der Waals surface area (Å²) in [6.07, 6.45) is -0.261. The van der Waals surface area contributed by atoms with Crippen LogP contribution in [0.3, 0.4) is 0 Å². The number of benzene rings is 1. The van der Waals surface area contributed by atoms with Crippen LogP contribution in [0.5, 0.6) is 0 Å². The van der Waals surface area contributed by atoms with Crippen molar-refractivity contribution in [3.8, 4) is 17.2 Å². The Labute approximate surface area is 232 Å². The smallest absolute Gasteiger partial charge is 0.419 e. The van der Waals surface area contributed by atoms with Crippen molar-refractivity contribution in [2.45, 2.75) is 51.2 Å². The third kappa shape index (κ3) is 5.36. The molecule has 3 aromatic rings. The van der Waals surface area contributed by atoms with Crippen LogP contribution in [0.25, 0.3) is 17.2 Å². The molecule has 1 saturated carbocycles. The minimum Gasteiger partial charge on any atom is -0.466 e. The fourth-order valence-electron chi connectivity index (χ4n) is 5.55. The molecule has 13 heteroatoms. The molecule has 1 N–H and O–H groups in total. The van der Waals surface area contributed by atoms with E-state index in [1.54, 1.807) is 17.6 Å². The van der Waals surface area contributed by atoms with E-state index in [0.29, 0.717) is 30.3 Å². The van der Waals surface area contributed by atoms with E-state index in [4.69, 9.17) is 4.74 Å². The van der Waals surface area contributed by atoms with E-state index in [1.807, 2.05) is 4.90 Å². The van der Waals surface area contributed by atoms with Gasteiger partial charge in [-0.05, 0) is 50.5 Å². The number of imidazole rings is 1. The molecule has 0 bridgehead atoms. The molecule has 1 amide bonds. The molecule has 1 saturated heterocycles. The van der Waals surface area contributed by atoms with Crippen molar-refractivity contribution in [1.29, 1.82) is 0 Å². The highest BCUT2D eigenvalue weighted by Crippen LogP contribution is 2.38. The maximum atomic E-state index is 14.1. The first-order valence-corrected chi connectivity index (χ1v) is 13.6. The predicted octanol–water partition coefficient (Wildman–Crippen LogP) is 4.19. The number of hydrogen-bond donors (Lipinski definition) is 1. The van der Waals surface area contributed by atoms with Gasteiger partial charge < -0.3 is 15.0 Å². The first-order chi connectivity index (χ1) is 19.6. The number of esters is 1. The highest BCUT2D eigenvalue weighted by Gasteiger charge is 2.38. The van der Waals surface area contributed by atoms with Crippen LogP contribution in [-0.2, 0) is 33.3 Å². The van der Waals surface area contributed by atoms with Gasteiger partial charge in [0.25, 0.3) is 0 Å². The quantitative estimate of drug-likeness (QED) is 0.335. The summed E-state index contributed by atoms with van der Waals surface area (Å²) in [6.45, 7) is 3.11. The summed E-state index contributed by atoms with van der Waals surface area (Å²) < 4.78 is 61.5. The molecule has 9 nitrogen and oxygen atoms in total. The molecule has 1 aliphatic heterocycles. The molecule has 41 heavy (non-hydrogen) atoms. The third-order valence-corrected chi connectivity index (χ3v) is 7.71. The lowest BCUT2D eigenvalue weighted by atomic mass is 10.1. The molecule has 0 radical (unpaired) electrons. The van der Waals surface area contributed by atoms with Gasteiger partial charge in [-0.1, -0.05) is 0 Å². The van der Waals surface area contributed by atoms with Gasteiger partial charge in [0.05, 0.1) is 23.8 Å². The summed E-state index contributed by atoms with van der Waals surface area (Å²) in [7, 11) is 0. The lowest BCUT2D eigenvalue weighted by Gasteiger charge is -2.18. The normalized spacial score (nSPS) is 20.3. The number of halogens is 4. The highest BCUT2D eigenvalue weighted by molar-refractivity contribution is 5.81. The third-order valence-electron chi connectivity index (χ3n) is 7.71. The monoisotopic (exact) mass is 572 g/mol. The highest BCUT2D eigenvalue weighted by atomic mass is 19.4. The second-order valence-corrected chi connectivity index (χ2v) is 10.6. The van der Waals surface area contributed by atoms with Gasteiger partial charge in [0.1, 0.15) is 17.5 Å². The molecule has 1 unspecified atom stereocenters. The number of carbonyl (C=O) groups is 2. The minimum atomic E-state index is -4.89. The second kappa shape index (κ2) is 10.4. The zero-order chi connectivity index (χ0) is 28.9. The van der Waals surface area contributed by atoms with Crippen LogP contribution in [0.2, 0.25) is 0 Å². The van der Waals surface area contributed by atoms with Gasteiger partial charge in [-0.25, -0.2) is 14.4 Å². The Balaban J connectivity index is 1.34. The number of likely N-dealkylation sites (tertiary alicyclic amines) is 1. The summed E-state index contributed by atoms with van der Waals surface area (Å²) in [5, 5.41) is 3.27. The lowest BCUT2D eigenvalue weighted by molar-refractivity contribution is -0.147. The van der Waals surface area contributed by atoms with E-state index in [1.165, 1.54) is 12.3 Å². The Kier molecular flexibility index (Phi) is 6.90. The van der Waals surface area contributed by atoms with Crippen molar-refractivity contribution >= 4 is 17.8 Å². The van der Waals surface area contributed by atoms with Crippen molar-refractivity contribution in [1.82, 2.24) is 24.4 Å². The van der Waals surface area contributed by atoms with Crippen LogP contribution in [0, 0.1) is 17.7 Å². The summed E-state index contributed by atoms with van der Waals surface area (Å²) in [6, 6.07) is 4.29. The number of aromatic nitrogens is 4. The zero-order valence-electron chi connectivity index (χ0n) is 22.2. The molecule has 2 aromatic heterocycles. The number of hydrogen-bond acceptors (Lipinski definition) is 7. The molecule has 2 atom stereocenters. The number of rotatable bonds is 7. The van der Waals surface area contributed by atoms with Gasteiger partial charge in [-0.2, -0.15) is 18.2 Å². The molecule has 2 aliphatic carbocycles. The zero-order valence-corrected chi connectivity index (χ0v) is 22.2. The first kappa shape index (κ1) is 27.2. The Morgan fingerprint density at radius 2 is 1.90 bits per heavy atom. The Bertz CT molecular complexity index is 1500. The number of nitrogens with one attached hydrogen (secondary N) is 1. The molecule has 216 valence electrons. The molecular weight excluding hydrogens is 544 g/mol. The average molecular weight is 573 g/mol. The number of amides is 1. The van der Waals surface area contributed by atoms with E-state index < -0.39 is 23.5 Å². The number of nitrogens with zero attached hydrogens (tertiary/aromatic N) is 5. The van der Waals surface area contributed by atoms with Gasteiger partial charge in [-0.3, -0.25) is 14.2 Å². The molecule has 3 heterocycles. The molecule has 6 rings (SSSR count). The Morgan fingerprint density at radius 1 is 1.10 bits per heavy atom. The largest absolute Gasteiger partial charge is 0.466 e. The number of alkyl halides is 3. The molecule has 1 aromatic carbocycles. The Morgan fingerprint density at radius 3 is 2.63 bits per heavy atom. The van der Waals surface area contributed by atoms with Gasteiger partial charge in [-0.15, -0.1) is 0 Å². The average Bonchev–Trinajstić information content (AvgIpc) is 3.37. The van der Waals surface area contributed by atoms with Crippen LogP contribution < -0.4 is 5.32 Å². The van der Waals surface area contributed by atoms with E-state index in [9.17, 15) is 27.2 Å². The second-order valence-electron chi connectivity index (χ2n) is 10.6. The maximum absolute atomic E-state index is 14.1.